The number of pyridine rings is 1. The zero-order valence-electron chi connectivity index (χ0n) is 11.3. The predicted octanol–water partition coefficient (Wildman–Crippen LogP) is 2.98. The van der Waals surface area contributed by atoms with Crippen LogP contribution in [0.3, 0.4) is 0 Å². The van der Waals surface area contributed by atoms with Gasteiger partial charge < -0.3 is 9.84 Å². The molecule has 0 aliphatic heterocycles. The van der Waals surface area contributed by atoms with E-state index in [0.29, 0.717) is 17.9 Å². The molecule has 4 heteroatoms. The van der Waals surface area contributed by atoms with Gasteiger partial charge in [-0.25, -0.2) is 4.98 Å². The van der Waals surface area contributed by atoms with Gasteiger partial charge in [-0.1, -0.05) is 31.2 Å². The molecule has 102 valence electrons. The van der Waals surface area contributed by atoms with Crippen LogP contribution in [0.15, 0.2) is 42.6 Å². The summed E-state index contributed by atoms with van der Waals surface area (Å²) in [6.45, 7) is 2.17. The van der Waals surface area contributed by atoms with Crippen LogP contribution in [-0.2, 0) is 6.61 Å². The molecule has 0 bridgehead atoms. The van der Waals surface area contributed by atoms with E-state index in [2.05, 4.69) is 4.98 Å². The summed E-state index contributed by atoms with van der Waals surface area (Å²) in [4.78, 5) is 3.99. The molecular weight excluding hydrogens is 252 g/mol. The quantitative estimate of drug-likeness (QED) is 0.905. The lowest BCUT2D eigenvalue weighted by Crippen LogP contribution is -2.04. The highest BCUT2D eigenvalue weighted by Crippen LogP contribution is 2.27. The second kappa shape index (κ2) is 6.69. The Morgan fingerprint density at radius 1 is 1.30 bits per heavy atom. The third-order valence-corrected chi connectivity index (χ3v) is 3.05. The van der Waals surface area contributed by atoms with Crippen LogP contribution in [-0.4, -0.2) is 10.1 Å². The van der Waals surface area contributed by atoms with Gasteiger partial charge >= 0.3 is 0 Å². The predicted molar refractivity (Wildman–Crippen MR) is 75.0 cm³/mol. The highest BCUT2D eigenvalue weighted by molar-refractivity contribution is 5.36. The molecule has 1 atom stereocenters. The highest BCUT2D eigenvalue weighted by Gasteiger charge is 2.12. The zero-order valence-corrected chi connectivity index (χ0v) is 11.3. The maximum Gasteiger partial charge on any atom is 0.147 e. The number of benzene rings is 1. The Balaban J connectivity index is 2.17. The first kappa shape index (κ1) is 14.0. The largest absolute Gasteiger partial charge is 0.488 e. The van der Waals surface area contributed by atoms with Crippen LogP contribution >= 0.6 is 0 Å². The van der Waals surface area contributed by atoms with Crippen LogP contribution < -0.4 is 4.74 Å². The van der Waals surface area contributed by atoms with E-state index in [1.807, 2.05) is 43.3 Å². The first-order valence-corrected chi connectivity index (χ1v) is 6.50. The van der Waals surface area contributed by atoms with Gasteiger partial charge in [0.1, 0.15) is 24.1 Å². The minimum Gasteiger partial charge on any atom is -0.488 e. The maximum atomic E-state index is 9.96. The fourth-order valence-electron chi connectivity index (χ4n) is 1.92. The van der Waals surface area contributed by atoms with Gasteiger partial charge in [0.2, 0.25) is 0 Å². The van der Waals surface area contributed by atoms with Gasteiger partial charge in [-0.15, -0.1) is 0 Å². The summed E-state index contributed by atoms with van der Waals surface area (Å²) in [6, 6.07) is 13.0. The van der Waals surface area contributed by atoms with Gasteiger partial charge in [-0.05, 0) is 18.6 Å². The van der Waals surface area contributed by atoms with Crippen LogP contribution in [0.5, 0.6) is 5.75 Å². The summed E-state index contributed by atoms with van der Waals surface area (Å²) in [5.41, 5.74) is 1.86. The Bertz CT molecular complexity index is 620. The summed E-state index contributed by atoms with van der Waals surface area (Å²) in [5.74, 6) is 0.634. The molecule has 2 rings (SSSR count). The second-order valence-electron chi connectivity index (χ2n) is 4.37. The Labute approximate surface area is 118 Å². The monoisotopic (exact) mass is 268 g/mol. The van der Waals surface area contributed by atoms with Crippen molar-refractivity contribution < 1.29 is 9.84 Å². The van der Waals surface area contributed by atoms with E-state index >= 15 is 0 Å². The van der Waals surface area contributed by atoms with E-state index in [1.54, 1.807) is 12.3 Å². The highest BCUT2D eigenvalue weighted by atomic mass is 16.5. The fraction of sp³-hybridized carbons (Fsp3) is 0.250. The van der Waals surface area contributed by atoms with Crippen molar-refractivity contribution in [2.75, 3.05) is 0 Å². The average Bonchev–Trinajstić information content (AvgIpc) is 2.52. The molecule has 0 saturated carbocycles. The minimum atomic E-state index is -0.546. The molecule has 0 radical (unpaired) electrons. The van der Waals surface area contributed by atoms with Gasteiger partial charge in [0.15, 0.2) is 0 Å². The molecule has 1 N–H and O–H groups in total. The van der Waals surface area contributed by atoms with Crippen molar-refractivity contribution in [3.8, 4) is 11.8 Å². The third-order valence-electron chi connectivity index (χ3n) is 3.05. The van der Waals surface area contributed by atoms with E-state index in [0.717, 1.165) is 11.1 Å². The first-order chi connectivity index (χ1) is 9.76. The molecule has 20 heavy (non-hydrogen) atoms. The molecule has 0 amide bonds. The molecule has 1 aromatic heterocycles. The van der Waals surface area contributed by atoms with Gasteiger partial charge in [0.25, 0.3) is 0 Å². The summed E-state index contributed by atoms with van der Waals surface area (Å²) >= 11 is 0. The molecule has 0 spiro atoms. The Morgan fingerprint density at radius 2 is 2.10 bits per heavy atom. The lowest BCUT2D eigenvalue weighted by molar-refractivity contribution is 0.166. The normalized spacial score (nSPS) is 11.7. The minimum absolute atomic E-state index is 0.254. The van der Waals surface area contributed by atoms with Crippen molar-refractivity contribution in [2.45, 2.75) is 26.1 Å². The van der Waals surface area contributed by atoms with Gasteiger partial charge in [-0.2, -0.15) is 5.26 Å². The molecule has 0 unspecified atom stereocenters. The summed E-state index contributed by atoms with van der Waals surface area (Å²) in [6.07, 6.45) is 1.66. The molecular formula is C16H16N2O2. The molecule has 1 heterocycles. The standard InChI is InChI=1S/C16H16N2O2/c1-2-15(19)13-7-3-4-8-16(13)20-11-12-6-5-9-18-14(12)10-17/h3-9,15,19H,2,11H2,1H3/t15-/m0/s1. The van der Waals surface area contributed by atoms with E-state index in [4.69, 9.17) is 10.00 Å². The molecule has 1 aromatic carbocycles. The summed E-state index contributed by atoms with van der Waals surface area (Å²) in [7, 11) is 0. The number of rotatable bonds is 5. The van der Waals surface area contributed by atoms with Crippen LogP contribution in [0.2, 0.25) is 0 Å². The fourth-order valence-corrected chi connectivity index (χ4v) is 1.92. The molecule has 4 nitrogen and oxygen atoms in total. The van der Waals surface area contributed by atoms with Gasteiger partial charge in [0.05, 0.1) is 6.10 Å². The first-order valence-electron chi connectivity index (χ1n) is 6.50. The number of ether oxygens (including phenoxy) is 1. The third kappa shape index (κ3) is 3.14. The van der Waals surface area contributed by atoms with Gasteiger partial charge in [0, 0.05) is 17.3 Å². The second-order valence-corrected chi connectivity index (χ2v) is 4.37. The Kier molecular flexibility index (Phi) is 4.70. The number of aromatic nitrogens is 1. The van der Waals surface area contributed by atoms with Crippen molar-refractivity contribution in [2.24, 2.45) is 0 Å². The van der Waals surface area contributed by atoms with E-state index in [9.17, 15) is 5.11 Å². The lowest BCUT2D eigenvalue weighted by atomic mass is 10.1. The Hall–Kier alpha value is -2.38. The van der Waals surface area contributed by atoms with E-state index in [1.165, 1.54) is 0 Å². The van der Waals surface area contributed by atoms with E-state index in [-0.39, 0.29) is 6.61 Å². The number of aliphatic hydroxyl groups excluding tert-OH is 1. The Morgan fingerprint density at radius 3 is 2.85 bits per heavy atom. The smallest absolute Gasteiger partial charge is 0.147 e. The molecule has 0 saturated heterocycles. The molecule has 0 aliphatic carbocycles. The lowest BCUT2D eigenvalue weighted by Gasteiger charge is -2.15. The number of para-hydroxylation sites is 1. The average molecular weight is 268 g/mol. The SMILES string of the molecule is CC[C@H](O)c1ccccc1OCc1cccnc1C#N. The topological polar surface area (TPSA) is 66.1 Å². The van der Waals surface area contributed by atoms with Crippen LogP contribution in [0, 0.1) is 11.3 Å². The number of hydrogen-bond acceptors (Lipinski definition) is 4. The number of nitriles is 1. The van der Waals surface area contributed by atoms with Crippen molar-refractivity contribution >= 4 is 0 Å². The summed E-state index contributed by atoms with van der Waals surface area (Å²) in [5, 5.41) is 19.0. The van der Waals surface area contributed by atoms with Crippen LogP contribution in [0.4, 0.5) is 0 Å². The molecule has 2 aromatic rings. The van der Waals surface area contributed by atoms with Crippen molar-refractivity contribution in [3.05, 3.63) is 59.4 Å². The van der Waals surface area contributed by atoms with Crippen LogP contribution in [0.1, 0.15) is 36.3 Å². The molecule has 0 fully saturated rings. The van der Waals surface area contributed by atoms with Crippen LogP contribution in [0.25, 0.3) is 0 Å². The molecule has 0 aliphatic rings. The van der Waals surface area contributed by atoms with Crippen molar-refractivity contribution in [1.82, 2.24) is 4.98 Å². The van der Waals surface area contributed by atoms with E-state index < -0.39 is 6.10 Å². The number of hydrogen-bond donors (Lipinski definition) is 1. The number of aliphatic hydroxyl groups is 1. The van der Waals surface area contributed by atoms with Gasteiger partial charge in [-0.3, -0.25) is 0 Å². The number of nitrogens with zero attached hydrogens (tertiary/aromatic N) is 2. The van der Waals surface area contributed by atoms with Crippen molar-refractivity contribution in [1.29, 1.82) is 5.26 Å². The maximum absolute atomic E-state index is 9.96. The van der Waals surface area contributed by atoms with Crippen molar-refractivity contribution in [3.63, 3.8) is 0 Å². The zero-order chi connectivity index (χ0) is 14.4. The summed E-state index contributed by atoms with van der Waals surface area (Å²) < 4.78 is 5.74.